The topological polar surface area (TPSA) is 95.9 Å². The van der Waals surface area contributed by atoms with Gasteiger partial charge in [-0.1, -0.05) is 391 Å². The number of hydrogen-bond acceptors (Lipinski definition) is 5. The summed E-state index contributed by atoms with van der Waals surface area (Å²) in [5, 5.41) is 23.5. The number of carbonyl (C=O) groups is 2. The minimum absolute atomic E-state index is 0.0157. The van der Waals surface area contributed by atoms with Crippen molar-refractivity contribution in [2.45, 2.75) is 450 Å². The maximum atomic E-state index is 12.6. The maximum absolute atomic E-state index is 12.6. The number of unbranched alkanes of at least 4 members (excludes halogenated alkanes) is 58. The van der Waals surface area contributed by atoms with E-state index in [1.54, 1.807) is 0 Å². The molecule has 0 rings (SSSR count). The van der Waals surface area contributed by atoms with E-state index in [4.69, 9.17) is 4.74 Å². The molecule has 6 nitrogen and oxygen atoms in total. The van der Waals surface area contributed by atoms with Gasteiger partial charge in [0.15, 0.2) is 0 Å². The summed E-state index contributed by atoms with van der Waals surface area (Å²) in [5.41, 5.74) is 0. The number of hydrogen-bond donors (Lipinski definition) is 3. The van der Waals surface area contributed by atoms with Gasteiger partial charge in [0.2, 0.25) is 5.91 Å². The van der Waals surface area contributed by atoms with Gasteiger partial charge in [-0.15, -0.1) is 0 Å². The van der Waals surface area contributed by atoms with Crippen molar-refractivity contribution >= 4 is 11.9 Å². The number of rotatable bonds is 73. The van der Waals surface area contributed by atoms with Crippen molar-refractivity contribution in [1.29, 1.82) is 0 Å². The highest BCUT2D eigenvalue weighted by Crippen LogP contribution is 2.20. The van der Waals surface area contributed by atoms with E-state index in [9.17, 15) is 19.8 Å². The van der Waals surface area contributed by atoms with Crippen LogP contribution < -0.4 is 5.32 Å². The number of allylic oxidation sites excluding steroid dienone is 4. The standard InChI is InChI=1S/C78H151NO5/c1-3-5-7-9-11-13-15-17-18-19-20-21-31-34-37-40-43-47-50-54-58-62-66-70-76(81)75(74-80)79-77(82)71-67-63-59-55-51-48-44-41-38-35-32-29-27-25-23-22-24-26-28-30-33-36-39-42-45-49-53-57-61-65-69-73-84-78(83)72-68-64-60-56-52-46-16-14-12-10-8-6-4-2/h24,26,30,33,75-76,80-81H,3-23,25,27-29,31-32,34-74H2,1-2H3,(H,79,82)/b26-24-,33-30-. The molecule has 0 heterocycles. The van der Waals surface area contributed by atoms with Gasteiger partial charge in [0.25, 0.3) is 0 Å². The predicted octanol–water partition coefficient (Wildman–Crippen LogP) is 25.3. The Balaban J connectivity index is 3.39. The van der Waals surface area contributed by atoms with Crippen LogP contribution in [0.2, 0.25) is 0 Å². The molecule has 2 atom stereocenters. The van der Waals surface area contributed by atoms with E-state index in [0.29, 0.717) is 25.9 Å². The Kier molecular flexibility index (Phi) is 72.3. The molecule has 2 unspecified atom stereocenters. The quantitative estimate of drug-likeness (QED) is 0.0320. The lowest BCUT2D eigenvalue weighted by Crippen LogP contribution is -2.45. The van der Waals surface area contributed by atoms with Crippen LogP contribution in [0, 0.1) is 0 Å². The molecule has 0 aromatic heterocycles. The van der Waals surface area contributed by atoms with Crippen LogP contribution in [0.1, 0.15) is 438 Å². The third-order valence-corrected chi connectivity index (χ3v) is 18.3. The first-order valence-corrected chi connectivity index (χ1v) is 38.6. The average molecular weight is 1180 g/mol. The van der Waals surface area contributed by atoms with E-state index >= 15 is 0 Å². The molecule has 0 fully saturated rings. The Morgan fingerprint density at radius 1 is 0.333 bits per heavy atom. The van der Waals surface area contributed by atoms with Gasteiger partial charge >= 0.3 is 5.97 Å². The summed E-state index contributed by atoms with van der Waals surface area (Å²) in [6, 6.07) is -0.542. The van der Waals surface area contributed by atoms with Gasteiger partial charge < -0.3 is 20.3 Å². The van der Waals surface area contributed by atoms with Gasteiger partial charge in [0.05, 0.1) is 25.4 Å². The van der Waals surface area contributed by atoms with Crippen LogP contribution in [0.15, 0.2) is 24.3 Å². The number of ether oxygens (including phenoxy) is 1. The monoisotopic (exact) mass is 1180 g/mol. The van der Waals surface area contributed by atoms with Crippen molar-refractivity contribution in [2.24, 2.45) is 0 Å². The number of aliphatic hydroxyl groups is 2. The van der Waals surface area contributed by atoms with Gasteiger partial charge in [0.1, 0.15) is 0 Å². The Bertz CT molecular complexity index is 1320. The molecule has 0 aromatic carbocycles. The SMILES string of the molecule is CCCCCCCCCCCCCCCCCCCCCCCCCC(O)C(CO)NC(=O)CCCCCCCCCCCCCCCCC/C=C\C/C=C\CCCCCCCCCCCOC(=O)CCCCCCCCCCCCCCC. The second-order valence-corrected chi connectivity index (χ2v) is 26.7. The molecule has 6 heteroatoms. The second-order valence-electron chi connectivity index (χ2n) is 26.7. The summed E-state index contributed by atoms with van der Waals surface area (Å²) >= 11 is 0. The summed E-state index contributed by atoms with van der Waals surface area (Å²) in [6.07, 6.45) is 94.0. The highest BCUT2D eigenvalue weighted by molar-refractivity contribution is 5.76. The summed E-state index contributed by atoms with van der Waals surface area (Å²) in [6.45, 7) is 5.00. The van der Waals surface area contributed by atoms with Crippen molar-refractivity contribution in [3.63, 3.8) is 0 Å². The number of aliphatic hydroxyl groups excluding tert-OH is 2. The lowest BCUT2D eigenvalue weighted by molar-refractivity contribution is -0.143. The zero-order chi connectivity index (χ0) is 60.6. The highest BCUT2D eigenvalue weighted by atomic mass is 16.5. The number of esters is 1. The molecule has 0 radical (unpaired) electrons. The van der Waals surface area contributed by atoms with Crippen LogP contribution in [0.5, 0.6) is 0 Å². The van der Waals surface area contributed by atoms with Crippen molar-refractivity contribution < 1.29 is 24.5 Å². The molecule has 0 aliphatic carbocycles. The molecule has 1 amide bonds. The molecule has 0 spiro atoms. The number of nitrogens with one attached hydrogen (secondary N) is 1. The first-order valence-electron chi connectivity index (χ1n) is 38.6. The summed E-state index contributed by atoms with van der Waals surface area (Å²) in [5.74, 6) is -0.0133. The van der Waals surface area contributed by atoms with Gasteiger partial charge in [0, 0.05) is 12.8 Å². The first-order chi connectivity index (χ1) is 41.5. The molecule has 0 bridgehead atoms. The fourth-order valence-corrected chi connectivity index (χ4v) is 12.4. The molecule has 0 aliphatic rings. The van der Waals surface area contributed by atoms with E-state index in [2.05, 4.69) is 43.5 Å². The fraction of sp³-hybridized carbons (Fsp3) is 0.923. The van der Waals surface area contributed by atoms with Crippen LogP contribution in [0.4, 0.5) is 0 Å². The zero-order valence-electron chi connectivity index (χ0n) is 57.2. The zero-order valence-corrected chi connectivity index (χ0v) is 57.2. The van der Waals surface area contributed by atoms with E-state index in [1.165, 1.54) is 360 Å². The normalized spacial score (nSPS) is 12.6. The molecule has 3 N–H and O–H groups in total. The molecule has 0 saturated heterocycles. The van der Waals surface area contributed by atoms with E-state index in [1.807, 2.05) is 0 Å². The van der Waals surface area contributed by atoms with Crippen LogP contribution in [0.25, 0.3) is 0 Å². The third-order valence-electron chi connectivity index (χ3n) is 18.3. The second kappa shape index (κ2) is 73.8. The Morgan fingerprint density at radius 2 is 0.595 bits per heavy atom. The van der Waals surface area contributed by atoms with Crippen LogP contribution in [0.3, 0.4) is 0 Å². The summed E-state index contributed by atoms with van der Waals surface area (Å²) < 4.78 is 5.49. The third kappa shape index (κ3) is 69.4. The van der Waals surface area contributed by atoms with E-state index in [-0.39, 0.29) is 18.5 Å². The van der Waals surface area contributed by atoms with Crippen molar-refractivity contribution in [3.8, 4) is 0 Å². The first kappa shape index (κ1) is 82.3. The van der Waals surface area contributed by atoms with Crippen molar-refractivity contribution in [1.82, 2.24) is 5.32 Å². The molecule has 0 saturated carbocycles. The van der Waals surface area contributed by atoms with Gasteiger partial charge in [-0.25, -0.2) is 0 Å². The molecule has 498 valence electrons. The van der Waals surface area contributed by atoms with Crippen LogP contribution in [-0.2, 0) is 14.3 Å². The molecular formula is C78H151NO5. The molecule has 0 aromatic rings. The minimum atomic E-state index is -0.665. The molecule has 84 heavy (non-hydrogen) atoms. The largest absolute Gasteiger partial charge is 0.466 e. The molecule has 0 aliphatic heterocycles. The smallest absolute Gasteiger partial charge is 0.305 e. The number of amides is 1. The van der Waals surface area contributed by atoms with Gasteiger partial charge in [-0.05, 0) is 57.8 Å². The summed E-state index contributed by atoms with van der Waals surface area (Å²) in [4.78, 5) is 24.6. The highest BCUT2D eigenvalue weighted by Gasteiger charge is 2.20. The van der Waals surface area contributed by atoms with Crippen LogP contribution >= 0.6 is 0 Å². The lowest BCUT2D eigenvalue weighted by atomic mass is 10.0. The van der Waals surface area contributed by atoms with Gasteiger partial charge in [-0.3, -0.25) is 9.59 Å². The number of carbonyl (C=O) groups excluding carboxylic acids is 2. The maximum Gasteiger partial charge on any atom is 0.305 e. The summed E-state index contributed by atoms with van der Waals surface area (Å²) in [7, 11) is 0. The average Bonchev–Trinajstić information content (AvgIpc) is 3.51. The van der Waals surface area contributed by atoms with Crippen molar-refractivity contribution in [2.75, 3.05) is 13.2 Å². The van der Waals surface area contributed by atoms with Crippen molar-refractivity contribution in [3.05, 3.63) is 24.3 Å². The van der Waals surface area contributed by atoms with E-state index < -0.39 is 12.1 Å². The Morgan fingerprint density at radius 3 is 0.905 bits per heavy atom. The fourth-order valence-electron chi connectivity index (χ4n) is 12.4. The van der Waals surface area contributed by atoms with E-state index in [0.717, 1.165) is 44.9 Å². The lowest BCUT2D eigenvalue weighted by Gasteiger charge is -2.22. The molecular weight excluding hydrogens is 1030 g/mol. The Hall–Kier alpha value is -1.66. The minimum Gasteiger partial charge on any atom is -0.466 e. The Labute approximate surface area is 526 Å². The predicted molar refractivity (Wildman–Crippen MR) is 370 cm³/mol. The van der Waals surface area contributed by atoms with Crippen LogP contribution in [-0.4, -0.2) is 47.4 Å². The van der Waals surface area contributed by atoms with Gasteiger partial charge in [-0.2, -0.15) is 0 Å².